The Morgan fingerprint density at radius 2 is 2.08 bits per heavy atom. The lowest BCUT2D eigenvalue weighted by Gasteiger charge is -1.86. The molecule has 1 aromatic rings. The average molecular weight is 163 g/mol. The zero-order valence-electron chi connectivity index (χ0n) is 6.49. The first-order chi connectivity index (χ1) is 5.90. The van der Waals surface area contributed by atoms with E-state index in [1.165, 1.54) is 0 Å². The summed E-state index contributed by atoms with van der Waals surface area (Å²) in [7, 11) is 0. The van der Waals surface area contributed by atoms with Gasteiger partial charge >= 0.3 is 0 Å². The number of rotatable bonds is 1. The highest BCUT2D eigenvalue weighted by Gasteiger charge is 2.06. The summed E-state index contributed by atoms with van der Waals surface area (Å²) in [4.78, 5) is 0. The summed E-state index contributed by atoms with van der Waals surface area (Å²) in [6.45, 7) is 0.426. The van der Waals surface area contributed by atoms with Crippen molar-refractivity contribution in [2.45, 2.75) is 6.54 Å². The molecule has 3 heteroatoms. The van der Waals surface area contributed by atoms with Gasteiger partial charge in [-0.15, -0.1) is 0 Å². The smallest absolute Gasteiger partial charge is 0.137 e. The Morgan fingerprint density at radius 1 is 1.25 bits per heavy atom. The molecule has 62 valence electrons. The fourth-order valence-corrected chi connectivity index (χ4v) is 1.09. The fourth-order valence-electron chi connectivity index (χ4n) is 1.09. The maximum Gasteiger partial charge on any atom is 0.137 e. The monoisotopic (exact) mass is 163 g/mol. The van der Waals surface area contributed by atoms with Crippen LogP contribution < -0.4 is 5.73 Å². The van der Waals surface area contributed by atoms with E-state index in [2.05, 4.69) is 0 Å². The van der Waals surface area contributed by atoms with Crippen molar-refractivity contribution in [2.24, 2.45) is 5.73 Å². The second-order valence-corrected chi connectivity index (χ2v) is 2.48. The molecule has 0 aliphatic carbocycles. The van der Waals surface area contributed by atoms with Gasteiger partial charge in [0.05, 0.1) is 19.1 Å². The lowest BCUT2D eigenvalue weighted by atomic mass is 10.2. The Morgan fingerprint density at radius 3 is 2.92 bits per heavy atom. The molecule has 3 nitrogen and oxygen atoms in total. The summed E-state index contributed by atoms with van der Waals surface area (Å²) in [6.07, 6.45) is 6.80. The molecule has 0 atom stereocenters. The van der Waals surface area contributed by atoms with Crippen molar-refractivity contribution in [1.29, 1.82) is 0 Å². The van der Waals surface area contributed by atoms with Crippen molar-refractivity contribution in [1.82, 2.24) is 0 Å². The molecule has 0 radical (unpaired) electrons. The molecule has 12 heavy (non-hydrogen) atoms. The van der Waals surface area contributed by atoms with E-state index < -0.39 is 0 Å². The van der Waals surface area contributed by atoms with Gasteiger partial charge in [0, 0.05) is 11.6 Å². The van der Waals surface area contributed by atoms with Gasteiger partial charge in [-0.05, 0) is 12.1 Å². The third-order valence-electron chi connectivity index (χ3n) is 1.67. The number of furan rings is 1. The van der Waals surface area contributed by atoms with Crippen molar-refractivity contribution in [3.63, 3.8) is 0 Å². The third kappa shape index (κ3) is 1.14. The Kier molecular flexibility index (Phi) is 1.72. The highest BCUT2D eigenvalue weighted by molar-refractivity contribution is 5.62. The van der Waals surface area contributed by atoms with Crippen LogP contribution in [0.4, 0.5) is 0 Å². The average Bonchev–Trinajstić information content (AvgIpc) is 2.37. The van der Waals surface area contributed by atoms with Gasteiger partial charge in [-0.1, -0.05) is 0 Å². The maximum atomic E-state index is 5.43. The molecular weight excluding hydrogens is 154 g/mol. The summed E-state index contributed by atoms with van der Waals surface area (Å²) in [5, 5.41) is 0. The predicted molar refractivity (Wildman–Crippen MR) is 45.8 cm³/mol. The Hall–Kier alpha value is -1.48. The largest absolute Gasteiger partial charge is 0.472 e. The normalized spacial score (nSPS) is 13.8. The Bertz CT molecular complexity index is 307. The molecule has 0 unspecified atom stereocenters. The molecule has 2 heterocycles. The first kappa shape index (κ1) is 7.18. The molecule has 0 spiro atoms. The maximum absolute atomic E-state index is 5.43. The second-order valence-electron chi connectivity index (χ2n) is 2.48. The molecule has 0 bridgehead atoms. The van der Waals surface area contributed by atoms with Crippen LogP contribution >= 0.6 is 0 Å². The molecule has 1 aliphatic heterocycles. The number of fused-ring (bicyclic) bond motifs is 1. The topological polar surface area (TPSA) is 48.4 Å². The van der Waals surface area contributed by atoms with Gasteiger partial charge in [0.2, 0.25) is 0 Å². The van der Waals surface area contributed by atoms with Crippen molar-refractivity contribution < 1.29 is 9.15 Å². The number of ether oxygens (including phenoxy) is 1. The number of nitrogens with two attached hydrogens (primary N) is 1. The molecule has 0 aromatic carbocycles. The summed E-state index contributed by atoms with van der Waals surface area (Å²) in [6, 6.07) is 1.91. The van der Waals surface area contributed by atoms with Gasteiger partial charge in [-0.3, -0.25) is 0 Å². The van der Waals surface area contributed by atoms with Gasteiger partial charge in [-0.2, -0.15) is 0 Å². The molecule has 0 saturated heterocycles. The highest BCUT2D eigenvalue weighted by atomic mass is 16.5. The molecule has 0 amide bonds. The molecule has 2 rings (SSSR count). The molecule has 0 fully saturated rings. The van der Waals surface area contributed by atoms with E-state index in [1.54, 1.807) is 18.6 Å². The van der Waals surface area contributed by atoms with Crippen LogP contribution in [0.1, 0.15) is 17.1 Å². The van der Waals surface area contributed by atoms with E-state index in [9.17, 15) is 0 Å². The Balaban J connectivity index is 2.46. The van der Waals surface area contributed by atoms with Crippen molar-refractivity contribution in [2.75, 3.05) is 0 Å². The van der Waals surface area contributed by atoms with Crippen LogP contribution in [-0.2, 0) is 11.3 Å². The third-order valence-corrected chi connectivity index (χ3v) is 1.67. The first-order valence-electron chi connectivity index (χ1n) is 3.71. The highest BCUT2D eigenvalue weighted by Crippen LogP contribution is 2.20. The zero-order valence-corrected chi connectivity index (χ0v) is 6.49. The van der Waals surface area contributed by atoms with Crippen LogP contribution in [0.15, 0.2) is 23.0 Å². The fraction of sp³-hybridized carbons (Fsp3) is 0.111. The Labute approximate surface area is 70.1 Å². The van der Waals surface area contributed by atoms with Crippen LogP contribution in [0.25, 0.3) is 12.2 Å². The van der Waals surface area contributed by atoms with Gasteiger partial charge in [0.15, 0.2) is 0 Å². The van der Waals surface area contributed by atoms with Crippen LogP contribution in [-0.4, -0.2) is 0 Å². The van der Waals surface area contributed by atoms with E-state index in [-0.39, 0.29) is 0 Å². The van der Waals surface area contributed by atoms with Crippen molar-refractivity contribution in [3.8, 4) is 0 Å². The number of hydrogen-bond acceptors (Lipinski definition) is 3. The zero-order chi connectivity index (χ0) is 8.39. The molecule has 0 saturated carbocycles. The van der Waals surface area contributed by atoms with E-state index >= 15 is 0 Å². The van der Waals surface area contributed by atoms with Crippen molar-refractivity contribution in [3.05, 3.63) is 35.7 Å². The minimum Gasteiger partial charge on any atom is -0.472 e. The van der Waals surface area contributed by atoms with E-state index in [1.807, 2.05) is 12.1 Å². The first-order valence-corrected chi connectivity index (χ1v) is 3.71. The van der Waals surface area contributed by atoms with Crippen LogP contribution in [0.5, 0.6) is 0 Å². The van der Waals surface area contributed by atoms with Crippen LogP contribution in [0.3, 0.4) is 0 Å². The van der Waals surface area contributed by atoms with Gasteiger partial charge in [-0.25, -0.2) is 0 Å². The summed E-state index contributed by atoms with van der Waals surface area (Å²) >= 11 is 0. The quantitative estimate of drug-likeness (QED) is 0.685. The molecule has 2 N–H and O–H groups in total. The SMILES string of the molecule is NCc1cc2c(o1)C=COC=C2. The van der Waals surface area contributed by atoms with E-state index in [4.69, 9.17) is 14.9 Å². The number of hydrogen-bond donors (Lipinski definition) is 1. The van der Waals surface area contributed by atoms with Crippen LogP contribution in [0.2, 0.25) is 0 Å². The second kappa shape index (κ2) is 2.87. The summed E-state index contributed by atoms with van der Waals surface area (Å²) in [5.74, 6) is 1.58. The van der Waals surface area contributed by atoms with E-state index in [0.717, 1.165) is 17.1 Å². The van der Waals surface area contributed by atoms with E-state index in [0.29, 0.717) is 6.54 Å². The minimum absolute atomic E-state index is 0.426. The van der Waals surface area contributed by atoms with Gasteiger partial charge < -0.3 is 14.9 Å². The molecule has 1 aliphatic rings. The molecule has 1 aromatic heterocycles. The lowest BCUT2D eigenvalue weighted by molar-refractivity contribution is 0.409. The molecular formula is C9H9NO2. The van der Waals surface area contributed by atoms with Crippen LogP contribution in [0, 0.1) is 0 Å². The van der Waals surface area contributed by atoms with Gasteiger partial charge in [0.25, 0.3) is 0 Å². The standard InChI is InChI=1S/C9H9NO2/c10-6-8-5-7-1-3-11-4-2-9(7)12-8/h1-5H,6,10H2. The lowest BCUT2D eigenvalue weighted by Crippen LogP contribution is -1.92. The van der Waals surface area contributed by atoms with Crippen molar-refractivity contribution >= 4 is 12.2 Å². The minimum atomic E-state index is 0.426. The predicted octanol–water partition coefficient (Wildman–Crippen LogP) is 1.71. The summed E-state index contributed by atoms with van der Waals surface area (Å²) in [5.41, 5.74) is 6.43. The van der Waals surface area contributed by atoms with Gasteiger partial charge in [0.1, 0.15) is 11.5 Å². The summed E-state index contributed by atoms with van der Waals surface area (Å²) < 4.78 is 10.3.